The molecule has 0 radical (unpaired) electrons. The van der Waals surface area contributed by atoms with Crippen LogP contribution in [0, 0.1) is 5.92 Å². The van der Waals surface area contributed by atoms with E-state index in [1.165, 1.54) is 12.0 Å². The lowest BCUT2D eigenvalue weighted by molar-refractivity contribution is -0.152. The number of alkyl halides is 2. The lowest BCUT2D eigenvalue weighted by atomic mass is 9.69. The molecule has 8 heteroatoms. The first kappa shape index (κ1) is 15.9. The monoisotopic (exact) mass is 348 g/mol. The second kappa shape index (κ2) is 4.99. The van der Waals surface area contributed by atoms with Crippen molar-refractivity contribution in [3.63, 3.8) is 0 Å². The minimum Gasteiger partial charge on any atom is -0.453 e. The molecule has 0 N–H and O–H groups in total. The predicted octanol–water partition coefficient (Wildman–Crippen LogP) is 1.58. The van der Waals surface area contributed by atoms with Crippen molar-refractivity contribution in [1.29, 1.82) is 0 Å². The molecule has 0 aromatic heterocycles. The molecule has 1 saturated carbocycles. The third-order valence-electron chi connectivity index (χ3n) is 5.37. The van der Waals surface area contributed by atoms with E-state index in [9.17, 15) is 14.4 Å². The Bertz CT molecular complexity index is 553. The van der Waals surface area contributed by atoms with E-state index >= 15 is 0 Å². The van der Waals surface area contributed by atoms with Crippen molar-refractivity contribution in [1.82, 2.24) is 9.80 Å². The highest BCUT2D eigenvalue weighted by Gasteiger charge is 2.65. The van der Waals surface area contributed by atoms with Gasteiger partial charge in [0.1, 0.15) is 5.78 Å². The number of rotatable bonds is 1. The molecule has 22 heavy (non-hydrogen) atoms. The Morgan fingerprint density at radius 1 is 1.36 bits per heavy atom. The highest BCUT2D eigenvalue weighted by atomic mass is 35.5. The molecule has 2 heterocycles. The van der Waals surface area contributed by atoms with Gasteiger partial charge in [-0.05, 0) is 19.3 Å². The first-order valence-corrected chi connectivity index (χ1v) is 8.02. The van der Waals surface area contributed by atoms with Crippen LogP contribution in [0.2, 0.25) is 0 Å². The van der Waals surface area contributed by atoms with Gasteiger partial charge in [-0.1, -0.05) is 23.2 Å². The van der Waals surface area contributed by atoms with Crippen molar-refractivity contribution >= 4 is 41.0 Å². The van der Waals surface area contributed by atoms with E-state index in [4.69, 9.17) is 27.9 Å². The maximum Gasteiger partial charge on any atom is 0.409 e. The van der Waals surface area contributed by atoms with Gasteiger partial charge in [0.2, 0.25) is 4.33 Å². The van der Waals surface area contributed by atoms with Gasteiger partial charge >= 0.3 is 6.09 Å². The number of hydrogen-bond donors (Lipinski definition) is 0. The normalized spacial score (nSPS) is 36.1. The maximum atomic E-state index is 12.7. The summed E-state index contributed by atoms with van der Waals surface area (Å²) in [5, 5.41) is 0. The van der Waals surface area contributed by atoms with E-state index in [0.717, 1.165) is 0 Å². The summed E-state index contributed by atoms with van der Waals surface area (Å²) in [5.41, 5.74) is -0.421. The van der Waals surface area contributed by atoms with E-state index in [0.29, 0.717) is 32.2 Å². The summed E-state index contributed by atoms with van der Waals surface area (Å²) in [6.07, 6.45) is 1.61. The molecule has 3 aliphatic rings. The first-order valence-electron chi connectivity index (χ1n) is 7.26. The molecule has 2 amide bonds. The molecule has 0 aromatic carbocycles. The SMILES string of the molecule is COC(=O)N(C)[C@@H]1CN2C(=O)C(Cl)(Cl)C3CC2(CCC3=O)C1. The molecular formula is C14H18Cl2N2O4. The largest absolute Gasteiger partial charge is 0.453 e. The van der Waals surface area contributed by atoms with Gasteiger partial charge in [0.15, 0.2) is 0 Å². The second-order valence-electron chi connectivity index (χ2n) is 6.42. The van der Waals surface area contributed by atoms with Crippen molar-refractivity contribution in [2.75, 3.05) is 20.7 Å². The van der Waals surface area contributed by atoms with Crippen LogP contribution < -0.4 is 0 Å². The third-order valence-corrected chi connectivity index (χ3v) is 6.22. The van der Waals surface area contributed by atoms with Gasteiger partial charge in [-0.3, -0.25) is 9.59 Å². The summed E-state index contributed by atoms with van der Waals surface area (Å²) in [6, 6.07) is -0.160. The third kappa shape index (κ3) is 2.03. The number of piperidine rings is 1. The minimum absolute atomic E-state index is 0.0478. The van der Waals surface area contributed by atoms with Crippen molar-refractivity contribution < 1.29 is 19.1 Å². The van der Waals surface area contributed by atoms with Crippen molar-refractivity contribution in [3.05, 3.63) is 0 Å². The van der Waals surface area contributed by atoms with Crippen LogP contribution in [0.1, 0.15) is 25.7 Å². The molecule has 1 spiro atoms. The van der Waals surface area contributed by atoms with Crippen LogP contribution in [0.4, 0.5) is 4.79 Å². The zero-order valence-electron chi connectivity index (χ0n) is 12.5. The number of methoxy groups -OCH3 is 1. The number of hydrogen-bond acceptors (Lipinski definition) is 4. The molecule has 2 unspecified atom stereocenters. The number of ether oxygens (including phenoxy) is 1. The fourth-order valence-corrected chi connectivity index (χ4v) is 4.69. The lowest BCUT2D eigenvalue weighted by Crippen LogP contribution is -2.65. The van der Waals surface area contributed by atoms with Gasteiger partial charge in [-0.2, -0.15) is 0 Å². The molecule has 2 bridgehead atoms. The Morgan fingerprint density at radius 3 is 2.68 bits per heavy atom. The molecule has 122 valence electrons. The minimum atomic E-state index is -1.69. The van der Waals surface area contributed by atoms with Crippen molar-refractivity contribution in [3.8, 4) is 0 Å². The Morgan fingerprint density at radius 2 is 2.05 bits per heavy atom. The fourth-order valence-electron chi connectivity index (χ4n) is 4.08. The van der Waals surface area contributed by atoms with Crippen LogP contribution in [0.5, 0.6) is 0 Å². The van der Waals surface area contributed by atoms with Crippen LogP contribution in [-0.2, 0) is 14.3 Å². The summed E-state index contributed by atoms with van der Waals surface area (Å²) in [7, 11) is 2.97. The zero-order chi connectivity index (χ0) is 16.3. The summed E-state index contributed by atoms with van der Waals surface area (Å²) in [5.74, 6) is -1.12. The van der Waals surface area contributed by atoms with E-state index in [1.807, 2.05) is 0 Å². The first-order chi connectivity index (χ1) is 10.2. The number of nitrogens with zero attached hydrogens (tertiary/aromatic N) is 2. The summed E-state index contributed by atoms with van der Waals surface area (Å²) in [4.78, 5) is 39.7. The molecule has 2 saturated heterocycles. The summed E-state index contributed by atoms with van der Waals surface area (Å²) in [6.45, 7) is 0.368. The Labute approximate surface area is 138 Å². The molecule has 2 aliphatic heterocycles. The lowest BCUT2D eigenvalue weighted by Gasteiger charge is -2.52. The Kier molecular flexibility index (Phi) is 3.60. The van der Waals surface area contributed by atoms with Gasteiger partial charge in [-0.15, -0.1) is 0 Å². The fraction of sp³-hybridized carbons (Fsp3) is 0.786. The average molecular weight is 349 g/mol. The number of halogens is 2. The van der Waals surface area contributed by atoms with Crippen LogP contribution in [-0.4, -0.2) is 64.2 Å². The summed E-state index contributed by atoms with van der Waals surface area (Å²) < 4.78 is 3.05. The zero-order valence-corrected chi connectivity index (χ0v) is 14.0. The van der Waals surface area contributed by atoms with Gasteiger partial charge in [-0.25, -0.2) is 4.79 Å². The van der Waals surface area contributed by atoms with E-state index in [1.54, 1.807) is 11.9 Å². The Balaban J connectivity index is 1.92. The maximum absolute atomic E-state index is 12.7. The topological polar surface area (TPSA) is 66.9 Å². The van der Waals surface area contributed by atoms with Gasteiger partial charge in [0.25, 0.3) is 5.91 Å². The van der Waals surface area contributed by atoms with Crippen LogP contribution in [0.25, 0.3) is 0 Å². The number of carbonyl (C=O) groups is 3. The number of ketones is 1. The number of fused-ring (bicyclic) bond motifs is 1. The molecular weight excluding hydrogens is 331 g/mol. The van der Waals surface area contributed by atoms with E-state index in [-0.39, 0.29) is 11.8 Å². The predicted molar refractivity (Wildman–Crippen MR) is 79.8 cm³/mol. The highest BCUT2D eigenvalue weighted by Crippen LogP contribution is 2.54. The van der Waals surface area contributed by atoms with Crippen LogP contribution >= 0.6 is 23.2 Å². The molecule has 3 rings (SSSR count). The Hall–Kier alpha value is -1.01. The number of carbonyl (C=O) groups excluding carboxylic acids is 3. The van der Waals surface area contributed by atoms with E-state index in [2.05, 4.69) is 0 Å². The van der Waals surface area contributed by atoms with Gasteiger partial charge < -0.3 is 14.5 Å². The summed E-state index contributed by atoms with van der Waals surface area (Å²) >= 11 is 12.4. The highest BCUT2D eigenvalue weighted by molar-refractivity contribution is 6.59. The molecule has 0 aromatic rings. The molecule has 3 fully saturated rings. The van der Waals surface area contributed by atoms with Gasteiger partial charge in [0, 0.05) is 25.6 Å². The molecule has 3 atom stereocenters. The average Bonchev–Trinajstić information content (AvgIpc) is 2.86. The standard InChI is InChI=1S/C14H18Cl2N2O4/c1-17(12(21)22-2)8-5-13-4-3-10(19)9(6-13)14(15,16)11(20)18(13)7-8/h8-9H,3-7H2,1-2H3/t8-,9?,13?/m0/s1. The van der Waals surface area contributed by atoms with Crippen LogP contribution in [0.15, 0.2) is 0 Å². The number of amides is 2. The van der Waals surface area contributed by atoms with Crippen molar-refractivity contribution in [2.24, 2.45) is 5.92 Å². The second-order valence-corrected chi connectivity index (χ2v) is 7.81. The van der Waals surface area contributed by atoms with Crippen LogP contribution in [0.3, 0.4) is 0 Å². The number of likely N-dealkylation sites (N-methyl/N-ethyl adjacent to an activating group) is 1. The smallest absolute Gasteiger partial charge is 0.409 e. The quantitative estimate of drug-likeness (QED) is 0.674. The molecule has 1 aliphatic carbocycles. The number of Topliss-reactive ketones (excluding diaryl/α,β-unsaturated/α-hetero) is 1. The van der Waals surface area contributed by atoms with E-state index < -0.39 is 27.8 Å². The molecule has 6 nitrogen and oxygen atoms in total. The van der Waals surface area contributed by atoms with Gasteiger partial charge in [0.05, 0.1) is 19.1 Å². The van der Waals surface area contributed by atoms with Crippen molar-refractivity contribution in [2.45, 2.75) is 41.6 Å².